The molecule has 67 heavy (non-hydrogen) atoms. The van der Waals surface area contributed by atoms with Crippen molar-refractivity contribution in [3.63, 3.8) is 0 Å². The molecule has 0 aliphatic carbocycles. The van der Waals surface area contributed by atoms with E-state index < -0.39 is 24.3 Å². The van der Waals surface area contributed by atoms with Crippen molar-refractivity contribution in [1.82, 2.24) is 0 Å². The van der Waals surface area contributed by atoms with E-state index in [4.69, 9.17) is 18.9 Å². The minimum atomic E-state index is -1.52. The summed E-state index contributed by atoms with van der Waals surface area (Å²) in [5, 5.41) is 9.68. The lowest BCUT2D eigenvalue weighted by atomic mass is 10.0. The molecule has 2 unspecified atom stereocenters. The number of unbranched alkanes of at least 4 members (excludes halogenated alkanes) is 22. The van der Waals surface area contributed by atoms with Gasteiger partial charge in [0.1, 0.15) is 13.2 Å². The molecule has 0 saturated carbocycles. The van der Waals surface area contributed by atoms with E-state index in [9.17, 15) is 19.5 Å². The van der Waals surface area contributed by atoms with Crippen molar-refractivity contribution in [2.45, 2.75) is 232 Å². The molecule has 0 bridgehead atoms. The van der Waals surface area contributed by atoms with Crippen molar-refractivity contribution < 1.29 is 42.9 Å². The lowest BCUT2D eigenvalue weighted by molar-refractivity contribution is -0.870. The second-order valence-corrected chi connectivity index (χ2v) is 19.2. The molecule has 0 saturated heterocycles. The van der Waals surface area contributed by atoms with E-state index in [1.54, 1.807) is 0 Å². The molecule has 9 nitrogen and oxygen atoms in total. The summed E-state index contributed by atoms with van der Waals surface area (Å²) in [5.74, 6) is -2.06. The number of hydrogen-bond acceptors (Lipinski definition) is 7. The first-order chi connectivity index (χ1) is 32.6. The molecule has 0 aromatic heterocycles. The molecule has 0 aliphatic rings. The van der Waals surface area contributed by atoms with Crippen molar-refractivity contribution in [3.8, 4) is 0 Å². The molecule has 1 N–H and O–H groups in total. The molecule has 9 heteroatoms. The van der Waals surface area contributed by atoms with Gasteiger partial charge in [0.15, 0.2) is 6.10 Å². The molecule has 0 aliphatic heterocycles. The highest BCUT2D eigenvalue weighted by molar-refractivity contribution is 5.71. The maximum Gasteiger partial charge on any atom is 0.361 e. The summed E-state index contributed by atoms with van der Waals surface area (Å²) in [7, 11) is 5.95. The molecule has 0 amide bonds. The van der Waals surface area contributed by atoms with Crippen LogP contribution in [0.1, 0.15) is 219 Å². The number of likely N-dealkylation sites (N-methyl/N-ethyl adjacent to an activating group) is 1. The fraction of sp³-hybridized carbons (Fsp3) is 0.741. The van der Waals surface area contributed by atoms with Crippen LogP contribution in [0.25, 0.3) is 0 Å². The molecule has 0 heterocycles. The van der Waals surface area contributed by atoms with Crippen LogP contribution in [0.15, 0.2) is 72.9 Å². The predicted molar refractivity (Wildman–Crippen MR) is 281 cm³/mol. The Bertz CT molecular complexity index is 1330. The normalized spacial score (nSPS) is 13.4. The summed E-state index contributed by atoms with van der Waals surface area (Å²) >= 11 is 0. The summed E-state index contributed by atoms with van der Waals surface area (Å²) in [4.78, 5) is 37.3. The Kier molecular flexibility index (Phi) is 46.8. The zero-order valence-corrected chi connectivity index (χ0v) is 43.8. The highest BCUT2D eigenvalue weighted by Gasteiger charge is 2.25. The molecule has 0 radical (unpaired) electrons. The molecule has 0 spiro atoms. The highest BCUT2D eigenvalue weighted by atomic mass is 16.7. The van der Waals surface area contributed by atoms with Crippen LogP contribution < -0.4 is 0 Å². The number of esters is 2. The number of carbonyl (C=O) groups is 3. The van der Waals surface area contributed by atoms with Crippen LogP contribution in [0.5, 0.6) is 0 Å². The Morgan fingerprint density at radius 3 is 1.27 bits per heavy atom. The third-order valence-electron chi connectivity index (χ3n) is 11.5. The molecular weight excluding hydrogens is 839 g/mol. The van der Waals surface area contributed by atoms with Gasteiger partial charge in [0.2, 0.25) is 0 Å². The topological polar surface area (TPSA) is 108 Å². The number of carbonyl (C=O) groups excluding carboxylic acids is 2. The summed E-state index contributed by atoms with van der Waals surface area (Å²) in [6, 6.07) is 0. The first-order valence-electron chi connectivity index (χ1n) is 27.1. The van der Waals surface area contributed by atoms with Crippen molar-refractivity contribution in [2.75, 3.05) is 47.5 Å². The Labute approximate surface area is 411 Å². The maximum absolute atomic E-state index is 12.8. The quantitative estimate of drug-likeness (QED) is 0.0211. The molecule has 2 atom stereocenters. The van der Waals surface area contributed by atoms with E-state index in [0.29, 0.717) is 23.9 Å². The van der Waals surface area contributed by atoms with Gasteiger partial charge in [0, 0.05) is 12.8 Å². The van der Waals surface area contributed by atoms with Crippen LogP contribution in [-0.2, 0) is 33.3 Å². The summed E-state index contributed by atoms with van der Waals surface area (Å²) in [6.45, 7) is 4.72. The minimum Gasteiger partial charge on any atom is -0.477 e. The zero-order chi connectivity index (χ0) is 49.2. The molecule has 0 aromatic rings. The van der Waals surface area contributed by atoms with Crippen LogP contribution in [0.2, 0.25) is 0 Å². The maximum atomic E-state index is 12.8. The standard InChI is InChI=1S/C58H101NO8/c1-6-8-10-12-14-16-18-20-22-24-26-28-30-32-34-36-38-40-42-44-46-48-55(60)65-52-54(53-66-58(57(62)63)64-51-50-59(3,4)5)67-56(61)49-47-45-43-41-39-37-35-33-31-29-27-25-23-21-19-17-15-13-11-9-7-2/h9,11,15,17,21,23,27,29,33,35,39,41,54,58H,6-8,10,12-14,16,18-20,22,24-26,28,30-32,34,36-38,40,42-53H2,1-5H3/p+1/b11-9-,17-15-,23-21-,29-27-,35-33-,41-39-. The third kappa shape index (κ3) is 50.4. The van der Waals surface area contributed by atoms with E-state index in [2.05, 4.69) is 86.8 Å². The number of nitrogens with zero attached hydrogens (tertiary/aromatic N) is 1. The number of carboxylic acids is 1. The number of carboxylic acid groups (broad SMARTS) is 1. The summed E-state index contributed by atoms with van der Waals surface area (Å²) < 4.78 is 22.8. The molecule has 0 aromatic carbocycles. The van der Waals surface area contributed by atoms with Crippen molar-refractivity contribution in [3.05, 3.63) is 72.9 Å². The van der Waals surface area contributed by atoms with Crippen molar-refractivity contribution in [2.24, 2.45) is 0 Å². The van der Waals surface area contributed by atoms with Crippen LogP contribution in [-0.4, -0.2) is 87.4 Å². The van der Waals surface area contributed by atoms with Crippen LogP contribution in [0.3, 0.4) is 0 Å². The number of rotatable bonds is 49. The zero-order valence-electron chi connectivity index (χ0n) is 43.8. The lowest BCUT2D eigenvalue weighted by Gasteiger charge is -2.25. The van der Waals surface area contributed by atoms with Gasteiger partial charge in [-0.3, -0.25) is 9.59 Å². The van der Waals surface area contributed by atoms with E-state index in [1.165, 1.54) is 116 Å². The summed E-state index contributed by atoms with van der Waals surface area (Å²) in [5.41, 5.74) is 0. The Balaban J connectivity index is 4.38. The SMILES string of the molecule is CC/C=C\C/C=C\C/C=C\C/C=C\C/C=C\C/C=C\CCCCC(=O)OC(COC(=O)CCCCCCCCCCCCCCCCCCCCCCC)COC(OCC[N+](C)(C)C)C(=O)O. The fourth-order valence-electron chi connectivity index (χ4n) is 7.31. The Morgan fingerprint density at radius 1 is 0.463 bits per heavy atom. The van der Waals surface area contributed by atoms with Crippen molar-refractivity contribution in [1.29, 1.82) is 0 Å². The second kappa shape index (κ2) is 49.2. The number of aliphatic carboxylic acids is 1. The van der Waals surface area contributed by atoms with E-state index >= 15 is 0 Å². The number of hydrogen-bond donors (Lipinski definition) is 1. The van der Waals surface area contributed by atoms with Gasteiger partial charge in [-0.2, -0.15) is 0 Å². The molecule has 0 rings (SSSR count). The van der Waals surface area contributed by atoms with E-state index in [-0.39, 0.29) is 32.2 Å². The van der Waals surface area contributed by atoms with Crippen LogP contribution in [0, 0.1) is 0 Å². The van der Waals surface area contributed by atoms with Gasteiger partial charge >= 0.3 is 17.9 Å². The lowest BCUT2D eigenvalue weighted by Crippen LogP contribution is -2.40. The third-order valence-corrected chi connectivity index (χ3v) is 11.5. The van der Waals surface area contributed by atoms with Crippen LogP contribution in [0.4, 0.5) is 0 Å². The monoisotopic (exact) mass is 941 g/mol. The van der Waals surface area contributed by atoms with Gasteiger partial charge in [-0.25, -0.2) is 4.79 Å². The fourth-order valence-corrected chi connectivity index (χ4v) is 7.31. The second-order valence-electron chi connectivity index (χ2n) is 19.2. The van der Waals surface area contributed by atoms with Gasteiger partial charge in [-0.15, -0.1) is 0 Å². The first-order valence-corrected chi connectivity index (χ1v) is 27.1. The average molecular weight is 941 g/mol. The van der Waals surface area contributed by atoms with Gasteiger partial charge in [-0.05, 0) is 64.2 Å². The van der Waals surface area contributed by atoms with Gasteiger partial charge in [0.25, 0.3) is 6.29 Å². The molecule has 0 fully saturated rings. The number of quaternary nitrogens is 1. The number of ether oxygens (including phenoxy) is 4. The van der Waals surface area contributed by atoms with Crippen molar-refractivity contribution >= 4 is 17.9 Å². The van der Waals surface area contributed by atoms with Gasteiger partial charge in [0.05, 0.1) is 34.4 Å². The Morgan fingerprint density at radius 2 is 0.851 bits per heavy atom. The molecular formula is C58H102NO8+. The smallest absolute Gasteiger partial charge is 0.361 e. The van der Waals surface area contributed by atoms with Gasteiger partial charge < -0.3 is 28.5 Å². The first kappa shape index (κ1) is 63.7. The highest BCUT2D eigenvalue weighted by Crippen LogP contribution is 2.16. The van der Waals surface area contributed by atoms with E-state index in [1.807, 2.05) is 21.1 Å². The Hall–Kier alpha value is -3.27. The largest absolute Gasteiger partial charge is 0.477 e. The average Bonchev–Trinajstić information content (AvgIpc) is 3.29. The van der Waals surface area contributed by atoms with Gasteiger partial charge in [-0.1, -0.05) is 215 Å². The van der Waals surface area contributed by atoms with Crippen LogP contribution >= 0.6 is 0 Å². The summed E-state index contributed by atoms with van der Waals surface area (Å²) in [6.07, 6.45) is 59.8. The predicted octanol–water partition coefficient (Wildman–Crippen LogP) is 15.5. The van der Waals surface area contributed by atoms with E-state index in [0.717, 1.165) is 70.6 Å². The molecule has 386 valence electrons. The number of allylic oxidation sites excluding steroid dienone is 12. The minimum absolute atomic E-state index is 0.177.